The molecule has 0 aliphatic carbocycles. The molecule has 3 nitrogen and oxygen atoms in total. The van der Waals surface area contributed by atoms with E-state index in [1.54, 1.807) is 0 Å². The third-order valence-electron chi connectivity index (χ3n) is 2.77. The summed E-state index contributed by atoms with van der Waals surface area (Å²) in [6.07, 6.45) is 0. The summed E-state index contributed by atoms with van der Waals surface area (Å²) in [6, 6.07) is 6.19. The fraction of sp³-hybridized carbons (Fsp3) is 0.250. The van der Waals surface area contributed by atoms with Gasteiger partial charge in [-0.2, -0.15) is 0 Å². The lowest BCUT2D eigenvalue weighted by Gasteiger charge is -2.11. The van der Waals surface area contributed by atoms with Crippen LogP contribution >= 0.6 is 0 Å². The van der Waals surface area contributed by atoms with Crippen LogP contribution in [0.25, 0.3) is 10.9 Å². The number of rotatable bonds is 1. The number of nitrogens with zero attached hydrogens (tertiary/aromatic N) is 1. The normalized spacial score (nSPS) is 10.7. The van der Waals surface area contributed by atoms with E-state index in [2.05, 4.69) is 29.5 Å². The molecule has 0 spiro atoms. The Bertz CT molecular complexity index is 518. The number of aryl methyl sites for hydroxylation is 2. The molecule has 0 unspecified atom stereocenters. The van der Waals surface area contributed by atoms with Gasteiger partial charge in [-0.3, -0.25) is 10.8 Å². The summed E-state index contributed by atoms with van der Waals surface area (Å²) >= 11 is 0. The Hall–Kier alpha value is -1.61. The smallest absolute Gasteiger partial charge is 0.0726 e. The van der Waals surface area contributed by atoms with E-state index in [9.17, 15) is 0 Å². The van der Waals surface area contributed by atoms with Crippen molar-refractivity contribution in [3.8, 4) is 0 Å². The molecule has 1 aromatic heterocycles. The fourth-order valence-corrected chi connectivity index (χ4v) is 1.78. The Morgan fingerprint density at radius 2 is 1.93 bits per heavy atom. The lowest BCUT2D eigenvalue weighted by molar-refractivity contribution is 1.18. The second-order valence-electron chi connectivity index (χ2n) is 3.86. The summed E-state index contributed by atoms with van der Waals surface area (Å²) in [5, 5.41) is 1.08. The van der Waals surface area contributed by atoms with Crippen molar-refractivity contribution in [3.63, 3.8) is 0 Å². The SMILES string of the molecule is Cc1ccc2nc(C)c(C)c(NN)c2c1. The van der Waals surface area contributed by atoms with Crippen molar-refractivity contribution in [2.45, 2.75) is 20.8 Å². The van der Waals surface area contributed by atoms with Crippen molar-refractivity contribution in [1.82, 2.24) is 4.98 Å². The van der Waals surface area contributed by atoms with Crippen LogP contribution in [0.5, 0.6) is 0 Å². The maximum Gasteiger partial charge on any atom is 0.0726 e. The van der Waals surface area contributed by atoms with Crippen LogP contribution in [0.1, 0.15) is 16.8 Å². The monoisotopic (exact) mass is 201 g/mol. The Kier molecular flexibility index (Phi) is 2.32. The number of aromatic nitrogens is 1. The molecule has 1 heterocycles. The third-order valence-corrected chi connectivity index (χ3v) is 2.77. The summed E-state index contributed by atoms with van der Waals surface area (Å²) < 4.78 is 0. The highest BCUT2D eigenvalue weighted by Gasteiger charge is 2.07. The number of nitrogens with one attached hydrogen (secondary N) is 1. The molecule has 3 N–H and O–H groups in total. The highest BCUT2D eigenvalue weighted by atomic mass is 15.2. The number of hydrogen-bond donors (Lipinski definition) is 2. The van der Waals surface area contributed by atoms with E-state index in [1.807, 2.05) is 19.9 Å². The number of fused-ring (bicyclic) bond motifs is 1. The molecule has 78 valence electrons. The Morgan fingerprint density at radius 3 is 2.60 bits per heavy atom. The topological polar surface area (TPSA) is 50.9 Å². The van der Waals surface area contributed by atoms with Crippen molar-refractivity contribution in [2.24, 2.45) is 5.84 Å². The number of hydrazine groups is 1. The van der Waals surface area contributed by atoms with Gasteiger partial charge in [0.2, 0.25) is 0 Å². The predicted molar refractivity (Wildman–Crippen MR) is 63.8 cm³/mol. The first-order valence-electron chi connectivity index (χ1n) is 4.97. The first kappa shape index (κ1) is 9.93. The van der Waals surface area contributed by atoms with Crippen LogP contribution in [0, 0.1) is 20.8 Å². The van der Waals surface area contributed by atoms with Gasteiger partial charge in [0.25, 0.3) is 0 Å². The number of pyridine rings is 1. The number of nitrogen functional groups attached to an aromatic ring is 1. The molecule has 0 atom stereocenters. The molecule has 0 aliphatic heterocycles. The van der Waals surface area contributed by atoms with Crippen molar-refractivity contribution in [1.29, 1.82) is 0 Å². The van der Waals surface area contributed by atoms with E-state index in [4.69, 9.17) is 5.84 Å². The van der Waals surface area contributed by atoms with Crippen LogP contribution in [0.3, 0.4) is 0 Å². The molecule has 1 aromatic carbocycles. The minimum absolute atomic E-state index is 0.973. The van der Waals surface area contributed by atoms with Gasteiger partial charge in [0, 0.05) is 11.1 Å². The first-order valence-corrected chi connectivity index (χ1v) is 4.97. The first-order chi connectivity index (χ1) is 7.13. The molecule has 3 heteroatoms. The van der Waals surface area contributed by atoms with E-state index in [1.165, 1.54) is 5.56 Å². The summed E-state index contributed by atoms with van der Waals surface area (Å²) in [6.45, 7) is 6.09. The maximum absolute atomic E-state index is 5.56. The van der Waals surface area contributed by atoms with Gasteiger partial charge in [0.15, 0.2) is 0 Å². The summed E-state index contributed by atoms with van der Waals surface area (Å²) in [5.41, 5.74) is 8.06. The molecule has 0 aliphatic rings. The summed E-state index contributed by atoms with van der Waals surface area (Å²) in [7, 11) is 0. The quantitative estimate of drug-likeness (QED) is 0.550. The Labute approximate surface area is 89.3 Å². The lowest BCUT2D eigenvalue weighted by Crippen LogP contribution is -2.10. The van der Waals surface area contributed by atoms with Gasteiger partial charge >= 0.3 is 0 Å². The number of nitrogens with two attached hydrogens (primary N) is 1. The Balaban J connectivity index is 2.89. The average Bonchev–Trinajstić information content (AvgIpc) is 2.21. The Morgan fingerprint density at radius 1 is 1.20 bits per heavy atom. The number of anilines is 1. The molecular formula is C12H15N3. The zero-order valence-corrected chi connectivity index (χ0v) is 9.26. The van der Waals surface area contributed by atoms with E-state index < -0.39 is 0 Å². The van der Waals surface area contributed by atoms with Gasteiger partial charge in [0.05, 0.1) is 11.2 Å². The maximum atomic E-state index is 5.56. The predicted octanol–water partition coefficient (Wildman–Crippen LogP) is 2.45. The summed E-state index contributed by atoms with van der Waals surface area (Å²) in [4.78, 5) is 4.53. The van der Waals surface area contributed by atoms with Crippen LogP contribution in [-0.4, -0.2) is 4.98 Å². The van der Waals surface area contributed by atoms with E-state index >= 15 is 0 Å². The van der Waals surface area contributed by atoms with Crippen molar-refractivity contribution >= 4 is 16.6 Å². The van der Waals surface area contributed by atoms with E-state index in [0.29, 0.717) is 0 Å². The van der Waals surface area contributed by atoms with Gasteiger partial charge in [-0.25, -0.2) is 0 Å². The largest absolute Gasteiger partial charge is 0.323 e. The highest BCUT2D eigenvalue weighted by Crippen LogP contribution is 2.27. The second kappa shape index (κ2) is 3.51. The van der Waals surface area contributed by atoms with Crippen LogP contribution in [0.15, 0.2) is 18.2 Å². The highest BCUT2D eigenvalue weighted by molar-refractivity contribution is 5.93. The molecule has 0 fully saturated rings. The average molecular weight is 201 g/mol. The molecule has 0 bridgehead atoms. The van der Waals surface area contributed by atoms with Gasteiger partial charge in [-0.1, -0.05) is 11.6 Å². The molecule has 0 saturated heterocycles. The molecule has 2 rings (SSSR count). The molecule has 0 radical (unpaired) electrons. The molecule has 15 heavy (non-hydrogen) atoms. The molecule has 2 aromatic rings. The van der Waals surface area contributed by atoms with Crippen LogP contribution in [0.2, 0.25) is 0 Å². The van der Waals surface area contributed by atoms with Crippen LogP contribution < -0.4 is 11.3 Å². The molecule has 0 amide bonds. The van der Waals surface area contributed by atoms with E-state index in [0.717, 1.165) is 27.8 Å². The van der Waals surface area contributed by atoms with Gasteiger partial charge < -0.3 is 5.43 Å². The van der Waals surface area contributed by atoms with E-state index in [-0.39, 0.29) is 0 Å². The third kappa shape index (κ3) is 1.55. The zero-order valence-electron chi connectivity index (χ0n) is 9.26. The van der Waals surface area contributed by atoms with Gasteiger partial charge in [0.1, 0.15) is 0 Å². The second-order valence-corrected chi connectivity index (χ2v) is 3.86. The fourth-order valence-electron chi connectivity index (χ4n) is 1.78. The standard InChI is InChI=1S/C12H15N3/c1-7-4-5-11-10(6-7)12(15-13)8(2)9(3)14-11/h4-6H,13H2,1-3H3,(H,14,15). The van der Waals surface area contributed by atoms with Crippen LogP contribution in [-0.2, 0) is 0 Å². The number of benzene rings is 1. The van der Waals surface area contributed by atoms with Crippen molar-refractivity contribution < 1.29 is 0 Å². The minimum atomic E-state index is 0.973. The summed E-state index contributed by atoms with van der Waals surface area (Å²) in [5.74, 6) is 5.56. The lowest BCUT2D eigenvalue weighted by atomic mass is 10.1. The van der Waals surface area contributed by atoms with Crippen molar-refractivity contribution in [2.75, 3.05) is 5.43 Å². The number of hydrogen-bond acceptors (Lipinski definition) is 3. The van der Waals surface area contributed by atoms with Crippen molar-refractivity contribution in [3.05, 3.63) is 35.0 Å². The van der Waals surface area contributed by atoms with Gasteiger partial charge in [-0.05, 0) is 38.5 Å². The minimum Gasteiger partial charge on any atom is -0.323 e. The molecule has 0 saturated carbocycles. The zero-order chi connectivity index (χ0) is 11.0. The molecular weight excluding hydrogens is 186 g/mol. The van der Waals surface area contributed by atoms with Crippen LogP contribution in [0.4, 0.5) is 5.69 Å². The van der Waals surface area contributed by atoms with Gasteiger partial charge in [-0.15, -0.1) is 0 Å².